The summed E-state index contributed by atoms with van der Waals surface area (Å²) in [4.78, 5) is 16.7. The van der Waals surface area contributed by atoms with E-state index < -0.39 is 0 Å². The van der Waals surface area contributed by atoms with Crippen LogP contribution in [0.15, 0.2) is 16.3 Å². The monoisotopic (exact) mass is 251 g/mol. The molecule has 0 amide bonds. The Morgan fingerprint density at radius 2 is 1.94 bits per heavy atom. The van der Waals surface area contributed by atoms with Crippen LogP contribution in [0.5, 0.6) is 0 Å². The van der Waals surface area contributed by atoms with Gasteiger partial charge in [0, 0.05) is 25.1 Å². The molecule has 0 unspecified atom stereocenters. The first kappa shape index (κ1) is 14.9. The predicted octanol–water partition coefficient (Wildman–Crippen LogP) is 3.84. The van der Waals surface area contributed by atoms with Gasteiger partial charge in [0.1, 0.15) is 5.76 Å². The maximum Gasteiger partial charge on any atom is 0.168 e. The number of aliphatic hydroxyl groups is 1. The Labute approximate surface area is 110 Å². The molecule has 1 aliphatic rings. The maximum atomic E-state index is 12.2. The normalized spacial score (nSPS) is 24.4. The molecule has 1 rings (SSSR count). The number of hydrogen-bond acceptors (Lipinski definition) is 3. The fraction of sp³-hybridized carbons (Fsp3) is 0.733. The first-order chi connectivity index (χ1) is 8.41. The highest BCUT2D eigenvalue weighted by atomic mass is 16.3. The number of hydrogen-bond donors (Lipinski definition) is 1. The quantitative estimate of drug-likeness (QED) is 0.609. The van der Waals surface area contributed by atoms with Crippen molar-refractivity contribution in [2.24, 2.45) is 10.4 Å². The summed E-state index contributed by atoms with van der Waals surface area (Å²) in [6.45, 7) is 8.95. The number of ketones is 1. The molecule has 0 atom stereocenters. The predicted molar refractivity (Wildman–Crippen MR) is 75.2 cm³/mol. The Morgan fingerprint density at radius 3 is 2.50 bits per heavy atom. The van der Waals surface area contributed by atoms with Crippen LogP contribution >= 0.6 is 0 Å². The van der Waals surface area contributed by atoms with Crippen molar-refractivity contribution >= 4 is 11.5 Å². The van der Waals surface area contributed by atoms with Crippen molar-refractivity contribution in [1.29, 1.82) is 0 Å². The molecule has 18 heavy (non-hydrogen) atoms. The van der Waals surface area contributed by atoms with Crippen molar-refractivity contribution in [3.05, 3.63) is 11.3 Å². The molecule has 1 N–H and O–H groups in total. The molecular formula is C15H25NO2. The van der Waals surface area contributed by atoms with Crippen molar-refractivity contribution in [3.8, 4) is 0 Å². The minimum absolute atomic E-state index is 0.0420. The zero-order valence-corrected chi connectivity index (χ0v) is 12.0. The molecule has 1 saturated carbocycles. The van der Waals surface area contributed by atoms with E-state index in [0.29, 0.717) is 18.4 Å². The Balaban J connectivity index is 3.11. The first-order valence-corrected chi connectivity index (χ1v) is 6.90. The number of Topliss-reactive ketones (excluding diaryl/α,β-unsaturated/α-hetero) is 1. The molecule has 0 saturated heterocycles. The summed E-state index contributed by atoms with van der Waals surface area (Å²) < 4.78 is 0. The standard InChI is InChI=1S/C15H25NO2/c1-5-7-12(17)14-11(16-8-6-2)9-15(3,4)10-13(14)18/h17H,5-10H2,1-4H3. The van der Waals surface area contributed by atoms with Crippen LogP contribution in [-0.2, 0) is 4.79 Å². The summed E-state index contributed by atoms with van der Waals surface area (Å²) >= 11 is 0. The second-order valence-corrected chi connectivity index (χ2v) is 5.84. The summed E-state index contributed by atoms with van der Waals surface area (Å²) in [7, 11) is 0. The second kappa shape index (κ2) is 6.17. The first-order valence-electron chi connectivity index (χ1n) is 6.90. The molecule has 3 nitrogen and oxygen atoms in total. The van der Waals surface area contributed by atoms with Crippen LogP contribution in [0.2, 0.25) is 0 Å². The minimum atomic E-state index is -0.0420. The largest absolute Gasteiger partial charge is 0.511 e. The Hall–Kier alpha value is -1.12. The third kappa shape index (κ3) is 3.69. The molecule has 102 valence electrons. The van der Waals surface area contributed by atoms with Crippen molar-refractivity contribution in [2.75, 3.05) is 6.54 Å². The Bertz CT molecular complexity index is 378. The van der Waals surface area contributed by atoms with Crippen molar-refractivity contribution in [1.82, 2.24) is 0 Å². The van der Waals surface area contributed by atoms with Crippen LogP contribution in [0.4, 0.5) is 0 Å². The van der Waals surface area contributed by atoms with E-state index in [0.717, 1.165) is 31.5 Å². The highest BCUT2D eigenvalue weighted by Gasteiger charge is 2.35. The van der Waals surface area contributed by atoms with Crippen molar-refractivity contribution in [2.45, 2.75) is 59.8 Å². The van der Waals surface area contributed by atoms with Gasteiger partial charge in [0.2, 0.25) is 0 Å². The summed E-state index contributed by atoms with van der Waals surface area (Å²) in [6, 6.07) is 0. The van der Waals surface area contributed by atoms with Crippen molar-refractivity contribution < 1.29 is 9.90 Å². The van der Waals surface area contributed by atoms with E-state index in [9.17, 15) is 9.90 Å². The van der Waals surface area contributed by atoms with Gasteiger partial charge < -0.3 is 5.11 Å². The topological polar surface area (TPSA) is 49.7 Å². The van der Waals surface area contributed by atoms with Crippen LogP contribution < -0.4 is 0 Å². The molecule has 1 fully saturated rings. The van der Waals surface area contributed by atoms with Gasteiger partial charge in [0.15, 0.2) is 5.78 Å². The Kier molecular flexibility index (Phi) is 5.12. The molecule has 1 aliphatic carbocycles. The van der Waals surface area contributed by atoms with Gasteiger partial charge in [-0.1, -0.05) is 27.7 Å². The number of aliphatic hydroxyl groups excluding tert-OH is 1. The lowest BCUT2D eigenvalue weighted by Gasteiger charge is -2.31. The highest BCUT2D eigenvalue weighted by Crippen LogP contribution is 2.35. The fourth-order valence-electron chi connectivity index (χ4n) is 2.36. The molecule has 0 spiro atoms. The second-order valence-electron chi connectivity index (χ2n) is 5.84. The average Bonchev–Trinajstić information content (AvgIpc) is 2.24. The van der Waals surface area contributed by atoms with Gasteiger partial charge >= 0.3 is 0 Å². The van der Waals surface area contributed by atoms with Gasteiger partial charge in [-0.25, -0.2) is 0 Å². The van der Waals surface area contributed by atoms with Gasteiger partial charge in [-0.2, -0.15) is 0 Å². The van der Waals surface area contributed by atoms with Gasteiger partial charge in [0.25, 0.3) is 0 Å². The van der Waals surface area contributed by atoms with E-state index in [4.69, 9.17) is 0 Å². The number of nitrogens with zero attached hydrogens (tertiary/aromatic N) is 1. The number of carbonyl (C=O) groups excluding carboxylic acids is 1. The van der Waals surface area contributed by atoms with Crippen LogP contribution in [0.1, 0.15) is 59.8 Å². The Morgan fingerprint density at radius 1 is 1.28 bits per heavy atom. The minimum Gasteiger partial charge on any atom is -0.511 e. The molecule has 0 aromatic carbocycles. The van der Waals surface area contributed by atoms with Crippen LogP contribution in [0.3, 0.4) is 0 Å². The number of allylic oxidation sites excluding steroid dienone is 2. The van der Waals surface area contributed by atoms with Crippen LogP contribution in [0.25, 0.3) is 0 Å². The average molecular weight is 251 g/mol. The van der Waals surface area contributed by atoms with E-state index in [2.05, 4.69) is 25.8 Å². The molecule has 3 heteroatoms. The third-order valence-electron chi connectivity index (χ3n) is 3.15. The summed E-state index contributed by atoms with van der Waals surface area (Å²) in [6.07, 6.45) is 3.64. The van der Waals surface area contributed by atoms with E-state index in [1.165, 1.54) is 0 Å². The zero-order valence-electron chi connectivity index (χ0n) is 12.0. The zero-order chi connectivity index (χ0) is 13.8. The van der Waals surface area contributed by atoms with E-state index in [1.54, 1.807) is 0 Å². The molecule has 0 aromatic rings. The molecule has 0 bridgehead atoms. The van der Waals surface area contributed by atoms with Crippen LogP contribution in [0, 0.1) is 5.41 Å². The summed E-state index contributed by atoms with van der Waals surface area (Å²) in [5, 5.41) is 10.1. The molecule has 0 heterocycles. The number of aliphatic imine (C=N–C) groups is 1. The number of carbonyl (C=O) groups is 1. The SMILES string of the molecule is CCCN=C1CC(C)(C)CC(=O)C1=C(O)CCC. The van der Waals surface area contributed by atoms with E-state index in [-0.39, 0.29) is 17.0 Å². The lowest BCUT2D eigenvalue weighted by molar-refractivity contribution is -0.117. The summed E-state index contributed by atoms with van der Waals surface area (Å²) in [5.41, 5.74) is 1.27. The van der Waals surface area contributed by atoms with Gasteiger partial charge in [-0.15, -0.1) is 0 Å². The van der Waals surface area contributed by atoms with Gasteiger partial charge in [0.05, 0.1) is 5.57 Å². The maximum absolute atomic E-state index is 12.2. The van der Waals surface area contributed by atoms with E-state index in [1.807, 2.05) is 6.92 Å². The molecular weight excluding hydrogens is 226 g/mol. The van der Waals surface area contributed by atoms with E-state index >= 15 is 0 Å². The smallest absolute Gasteiger partial charge is 0.168 e. The lowest BCUT2D eigenvalue weighted by Crippen LogP contribution is -2.32. The van der Waals surface area contributed by atoms with Crippen molar-refractivity contribution in [3.63, 3.8) is 0 Å². The third-order valence-corrected chi connectivity index (χ3v) is 3.15. The van der Waals surface area contributed by atoms with Gasteiger partial charge in [-0.3, -0.25) is 9.79 Å². The van der Waals surface area contributed by atoms with Crippen LogP contribution in [-0.4, -0.2) is 23.1 Å². The molecule has 0 aliphatic heterocycles. The summed E-state index contributed by atoms with van der Waals surface area (Å²) in [5.74, 6) is 0.278. The number of rotatable bonds is 4. The molecule has 0 aromatic heterocycles. The molecule has 0 radical (unpaired) electrons. The lowest BCUT2D eigenvalue weighted by atomic mass is 9.73. The van der Waals surface area contributed by atoms with Gasteiger partial charge in [-0.05, 0) is 24.7 Å². The highest BCUT2D eigenvalue weighted by molar-refractivity contribution is 6.24. The fourth-order valence-corrected chi connectivity index (χ4v) is 2.36.